The first-order chi connectivity index (χ1) is 1.73. The van der Waals surface area contributed by atoms with Crippen molar-refractivity contribution in [1.29, 1.82) is 0 Å². The highest BCUT2D eigenvalue weighted by molar-refractivity contribution is 4.03. The summed E-state index contributed by atoms with van der Waals surface area (Å²) in [5.41, 5.74) is 0. The molecule has 0 aliphatic rings. The highest BCUT2D eigenvalue weighted by Crippen LogP contribution is 1.44. The zero-order chi connectivity index (χ0) is 3.58. The van der Waals surface area contributed by atoms with Crippen LogP contribution in [0.4, 0.5) is 0 Å². The number of nitrogens with zero attached hydrogens (tertiary/aromatic N) is 1. The second-order valence-corrected chi connectivity index (χ2v) is 0.224. The van der Waals surface area contributed by atoms with E-state index >= 15 is 0 Å². The van der Waals surface area contributed by atoms with Crippen molar-refractivity contribution in [2.45, 2.75) is 0 Å². The fourth-order valence-electron chi connectivity index (χ4n) is 0. The lowest BCUT2D eigenvalue weighted by atomic mass is 13.1. The Morgan fingerprint density at radius 1 is 0.727 bits per heavy atom. The van der Waals surface area contributed by atoms with Crippen molar-refractivity contribution in [1.82, 2.24) is 6.15 Å². The van der Waals surface area contributed by atoms with Crippen LogP contribution in [0.25, 0.3) is 0 Å². The van der Waals surface area contributed by atoms with Crippen molar-refractivity contribution in [3.05, 3.63) is 15.3 Å². The molecule has 11 nitrogen and oxygen atoms in total. The first-order valence-electron chi connectivity index (χ1n) is 0.548. The minimum Gasteiger partial charge on any atom is -0.412 e. The van der Waals surface area contributed by atoms with Gasteiger partial charge in [-0.3, -0.25) is 0 Å². The van der Waals surface area contributed by atoms with Gasteiger partial charge in [-0.1, -0.05) is 0 Å². The van der Waals surface area contributed by atoms with Gasteiger partial charge in [-0.15, -0.1) is 0 Å². The van der Waals surface area contributed by atoms with E-state index in [1.54, 1.807) is 0 Å². The van der Waals surface area contributed by atoms with E-state index in [4.69, 9.17) is 15.3 Å². The van der Waals surface area contributed by atoms with Gasteiger partial charge in [0.15, 0.2) is 0 Å². The molecule has 0 aliphatic heterocycles. The summed E-state index contributed by atoms with van der Waals surface area (Å²) in [7, 11) is 0. The van der Waals surface area contributed by atoms with Crippen molar-refractivity contribution < 1.29 is 37.9 Å². The van der Waals surface area contributed by atoms with Crippen molar-refractivity contribution in [2.24, 2.45) is 0 Å². The topological polar surface area (TPSA) is 292 Å². The molecule has 11 heavy (non-hydrogen) atoms. The summed E-state index contributed by atoms with van der Waals surface area (Å²) in [6, 6.07) is 0. The molecule has 80 valence electrons. The van der Waals surface area contributed by atoms with E-state index in [0.29, 0.717) is 0 Å². The van der Waals surface area contributed by atoms with E-state index in [-0.39, 0.29) is 39.0 Å². The van der Waals surface area contributed by atoms with Gasteiger partial charge in [-0.05, 0) is 0 Å². The number of quaternary nitrogens is 1. The Bertz CT molecular complexity index is 30.5. The summed E-state index contributed by atoms with van der Waals surface area (Å²) in [5.74, 6) is 0. The number of rotatable bonds is 0. The fraction of sp³-hybridized carbons (Fsp3) is 0. The normalized spacial score (nSPS) is 2.18. The fourth-order valence-corrected chi connectivity index (χ4v) is 0. The molecule has 0 spiro atoms. The van der Waals surface area contributed by atoms with E-state index in [1.165, 1.54) is 0 Å². The molecule has 0 aliphatic carbocycles. The minimum atomic E-state index is -1.75. The van der Waals surface area contributed by atoms with Crippen LogP contribution in [-0.2, 0) is 0 Å². The molecule has 16 N–H and O–H groups in total. The molecule has 0 saturated heterocycles. The van der Waals surface area contributed by atoms with E-state index in [9.17, 15) is 0 Å². The summed E-state index contributed by atoms with van der Waals surface area (Å²) < 4.78 is 0. The van der Waals surface area contributed by atoms with E-state index < -0.39 is 5.09 Å². The smallest absolute Gasteiger partial charge is 0.0689 e. The Kier molecular flexibility index (Phi) is 2950. The summed E-state index contributed by atoms with van der Waals surface area (Å²) in [6.07, 6.45) is 0. The molecule has 0 rings (SSSR count). The maximum Gasteiger partial charge on any atom is 0.0689 e. The molecule has 0 aromatic heterocycles. The summed E-state index contributed by atoms with van der Waals surface area (Å²) in [5, 5.41) is 14.8. The van der Waals surface area contributed by atoms with E-state index in [1.807, 2.05) is 0 Å². The highest BCUT2D eigenvalue weighted by atomic mass is 16.9. The molecule has 11 heteroatoms. The van der Waals surface area contributed by atoms with Gasteiger partial charge in [0.25, 0.3) is 0 Å². The summed E-state index contributed by atoms with van der Waals surface area (Å²) in [4.78, 5) is 8.25. The number of hydrogen-bond donors (Lipinski definition) is 1. The Balaban J connectivity index is -0.00000000214. The van der Waals surface area contributed by atoms with Crippen LogP contribution in [0, 0.1) is 15.3 Å². The first-order valence-corrected chi connectivity index (χ1v) is 0.548. The quantitative estimate of drug-likeness (QED) is 0.289. The average molecular weight is 188 g/mol. The van der Waals surface area contributed by atoms with Gasteiger partial charge in [-0.25, -0.2) is 0 Å². The first kappa shape index (κ1) is 214. The Hall–Kier alpha value is -1.08. The van der Waals surface area contributed by atoms with Crippen LogP contribution in [-0.4, -0.2) is 37.9 Å². The second-order valence-electron chi connectivity index (χ2n) is 0.224. The van der Waals surface area contributed by atoms with Crippen molar-refractivity contribution >= 4 is 0 Å². The highest BCUT2D eigenvalue weighted by Gasteiger charge is 1.45. The van der Waals surface area contributed by atoms with Crippen LogP contribution in [0.15, 0.2) is 0 Å². The molecule has 0 atom stereocenters. The molecule has 0 saturated carbocycles. The van der Waals surface area contributed by atoms with Gasteiger partial charge in [0.2, 0.25) is 0 Å². The van der Waals surface area contributed by atoms with Crippen LogP contribution >= 0.6 is 0 Å². The molecule has 0 aromatic rings. The summed E-state index contributed by atoms with van der Waals surface area (Å²) in [6.45, 7) is 0. The molecule has 0 radical (unpaired) electrons. The minimum absolute atomic E-state index is 0. The third kappa shape index (κ3) is 366. The third-order valence-electron chi connectivity index (χ3n) is 0. The van der Waals surface area contributed by atoms with Gasteiger partial charge < -0.3 is 54.3 Å². The molecule has 0 unspecified atom stereocenters. The van der Waals surface area contributed by atoms with Gasteiger partial charge in [0, 0.05) is 0 Å². The third-order valence-corrected chi connectivity index (χ3v) is 0. The van der Waals surface area contributed by atoms with Crippen molar-refractivity contribution in [3.63, 3.8) is 0 Å². The van der Waals surface area contributed by atoms with Gasteiger partial charge in [-0.2, -0.15) is 0 Å². The van der Waals surface area contributed by atoms with Crippen LogP contribution < -0.4 is 6.15 Å². The summed E-state index contributed by atoms with van der Waals surface area (Å²) >= 11 is 0. The zero-order valence-electron chi connectivity index (χ0n) is 5.67. The number of hydrogen-bond acceptors (Lipinski definition) is 3. The standard InChI is InChI=1S/NO3.H3N.6H2O/c2-1(3)4;;;;;;;/h;1H3;6*1H2/q-1;;;;;;;/p+1. The van der Waals surface area contributed by atoms with Gasteiger partial charge >= 0.3 is 0 Å². The van der Waals surface area contributed by atoms with E-state index in [2.05, 4.69) is 0 Å². The molecular weight excluding hydrogens is 172 g/mol. The van der Waals surface area contributed by atoms with E-state index in [0.717, 1.165) is 0 Å². The van der Waals surface area contributed by atoms with Crippen LogP contribution in [0.2, 0.25) is 0 Å². The lowest BCUT2D eigenvalue weighted by Crippen LogP contribution is -1.74. The lowest BCUT2D eigenvalue weighted by molar-refractivity contribution is -0.402. The SMILES string of the molecule is O.O.O.O.O.O.O=[N+]([O-])[O-].[NH4+]. The van der Waals surface area contributed by atoms with Crippen LogP contribution in [0.1, 0.15) is 0 Å². The van der Waals surface area contributed by atoms with Crippen molar-refractivity contribution in [3.8, 4) is 0 Å². The average Bonchev–Trinajstić information content (AvgIpc) is 0.811. The van der Waals surface area contributed by atoms with Gasteiger partial charge in [0.05, 0.1) is 5.09 Å². The Labute approximate surface area is 60.8 Å². The Morgan fingerprint density at radius 2 is 0.727 bits per heavy atom. The maximum atomic E-state index is 8.25. The monoisotopic (exact) mass is 188 g/mol. The second kappa shape index (κ2) is 152. The maximum absolute atomic E-state index is 8.25. The molecule has 0 bridgehead atoms. The molecular formula is H16N2O9. The van der Waals surface area contributed by atoms with Crippen molar-refractivity contribution in [2.75, 3.05) is 0 Å². The Morgan fingerprint density at radius 3 is 0.727 bits per heavy atom. The molecule has 0 heterocycles. The van der Waals surface area contributed by atoms with Crippen LogP contribution in [0.5, 0.6) is 0 Å². The van der Waals surface area contributed by atoms with Crippen LogP contribution in [0.3, 0.4) is 0 Å². The molecule has 0 amide bonds. The predicted octanol–water partition coefficient (Wildman–Crippen LogP) is -4.81. The predicted molar refractivity (Wildman–Crippen MR) is 38.0 cm³/mol. The van der Waals surface area contributed by atoms with Gasteiger partial charge in [0.1, 0.15) is 0 Å². The largest absolute Gasteiger partial charge is 0.412 e. The zero-order valence-corrected chi connectivity index (χ0v) is 5.67. The molecule has 0 aromatic carbocycles. The lowest BCUT2D eigenvalue weighted by Gasteiger charge is -1.74. The molecule has 0 fully saturated rings.